The van der Waals surface area contributed by atoms with Gasteiger partial charge in [0.2, 0.25) is 10.0 Å². The third-order valence-electron chi connectivity index (χ3n) is 3.42. The van der Waals surface area contributed by atoms with Gasteiger partial charge in [0.1, 0.15) is 0 Å². The summed E-state index contributed by atoms with van der Waals surface area (Å²) >= 11 is 0. The Bertz CT molecular complexity index is 504. The summed E-state index contributed by atoms with van der Waals surface area (Å²) in [7, 11) is -3.20. The normalized spacial score (nSPS) is 13.9. The molecule has 0 aliphatic carbocycles. The van der Waals surface area contributed by atoms with E-state index < -0.39 is 10.0 Å². The molecule has 0 saturated heterocycles. The van der Waals surface area contributed by atoms with E-state index >= 15 is 0 Å². The van der Waals surface area contributed by atoms with Gasteiger partial charge in [-0.05, 0) is 36.3 Å². The lowest BCUT2D eigenvalue weighted by Gasteiger charge is -2.16. The molecule has 0 aliphatic rings. The fraction of sp³-hybridized carbons (Fsp3) is 0.625. The summed E-state index contributed by atoms with van der Waals surface area (Å²) in [4.78, 5) is 0. The first-order chi connectivity index (χ1) is 9.21. The molecule has 1 rings (SSSR count). The number of sulfonamides is 1. The van der Waals surface area contributed by atoms with Crippen LogP contribution in [0.2, 0.25) is 0 Å². The van der Waals surface area contributed by atoms with Gasteiger partial charge in [-0.2, -0.15) is 0 Å². The van der Waals surface area contributed by atoms with Gasteiger partial charge in [0.15, 0.2) is 0 Å². The van der Waals surface area contributed by atoms with Crippen molar-refractivity contribution < 1.29 is 8.42 Å². The van der Waals surface area contributed by atoms with E-state index in [-0.39, 0.29) is 11.8 Å². The van der Waals surface area contributed by atoms with Crippen LogP contribution in [-0.4, -0.2) is 14.2 Å². The minimum atomic E-state index is -3.20. The molecule has 0 saturated carbocycles. The van der Waals surface area contributed by atoms with E-state index in [1.54, 1.807) is 0 Å². The summed E-state index contributed by atoms with van der Waals surface area (Å²) in [6.07, 6.45) is 0.689. The van der Waals surface area contributed by atoms with Crippen molar-refractivity contribution >= 4 is 10.0 Å². The highest BCUT2D eigenvalue weighted by molar-refractivity contribution is 7.89. The largest absolute Gasteiger partial charge is 0.212 e. The molecule has 0 spiro atoms. The van der Waals surface area contributed by atoms with Crippen molar-refractivity contribution in [3.63, 3.8) is 0 Å². The zero-order chi connectivity index (χ0) is 15.3. The number of nitrogens with one attached hydrogen (secondary N) is 1. The molecule has 0 aromatic heterocycles. The third kappa shape index (κ3) is 5.63. The second-order valence-electron chi connectivity index (χ2n) is 6.16. The quantitative estimate of drug-likeness (QED) is 0.831. The van der Waals surface area contributed by atoms with Crippen molar-refractivity contribution in [3.8, 4) is 0 Å². The van der Waals surface area contributed by atoms with E-state index in [0.717, 1.165) is 5.56 Å². The maximum absolute atomic E-state index is 12.0. The van der Waals surface area contributed by atoms with Gasteiger partial charge in [-0.3, -0.25) is 0 Å². The molecular formula is C16H27NO2S. The van der Waals surface area contributed by atoms with E-state index in [0.29, 0.717) is 18.3 Å². The van der Waals surface area contributed by atoms with Gasteiger partial charge in [-0.1, -0.05) is 52.0 Å². The molecule has 0 aliphatic heterocycles. The Morgan fingerprint density at radius 1 is 0.950 bits per heavy atom. The molecular weight excluding hydrogens is 270 g/mol. The molecule has 1 aromatic rings. The highest BCUT2D eigenvalue weighted by atomic mass is 32.2. The molecule has 3 nitrogen and oxygen atoms in total. The van der Waals surface area contributed by atoms with E-state index in [1.165, 1.54) is 5.56 Å². The Labute approximate surface area is 123 Å². The highest BCUT2D eigenvalue weighted by Gasteiger charge is 2.16. The van der Waals surface area contributed by atoms with Gasteiger partial charge in [0.25, 0.3) is 0 Å². The molecule has 1 unspecified atom stereocenters. The van der Waals surface area contributed by atoms with Gasteiger partial charge in [-0.15, -0.1) is 0 Å². The standard InChI is InChI=1S/C16H27NO2S/c1-12(2)10-11-20(18,19)17-14(5)16-8-6-15(7-9-16)13(3)4/h6-9,12-14,17H,10-11H2,1-5H3. The third-order valence-corrected chi connectivity index (χ3v) is 4.91. The second-order valence-corrected chi connectivity index (χ2v) is 8.04. The van der Waals surface area contributed by atoms with Crippen LogP contribution in [0.15, 0.2) is 24.3 Å². The number of hydrogen-bond donors (Lipinski definition) is 1. The van der Waals surface area contributed by atoms with Crippen LogP contribution in [0.25, 0.3) is 0 Å². The molecule has 4 heteroatoms. The summed E-state index contributed by atoms with van der Waals surface area (Å²) in [5.41, 5.74) is 2.27. The molecule has 1 aromatic carbocycles. The number of rotatable bonds is 7. The fourth-order valence-electron chi connectivity index (χ4n) is 1.96. The molecule has 0 heterocycles. The molecule has 1 N–H and O–H groups in total. The first kappa shape index (κ1) is 17.2. The van der Waals surface area contributed by atoms with Gasteiger partial charge >= 0.3 is 0 Å². The molecule has 20 heavy (non-hydrogen) atoms. The Balaban J connectivity index is 2.68. The van der Waals surface area contributed by atoms with E-state index in [9.17, 15) is 8.42 Å². The van der Waals surface area contributed by atoms with Gasteiger partial charge < -0.3 is 0 Å². The van der Waals surface area contributed by atoms with Crippen molar-refractivity contribution in [1.82, 2.24) is 4.72 Å². The summed E-state index contributed by atoms with van der Waals surface area (Å²) in [5.74, 6) is 1.08. The molecule has 1 atom stereocenters. The maximum atomic E-state index is 12.0. The van der Waals surface area contributed by atoms with Crippen LogP contribution < -0.4 is 4.72 Å². The van der Waals surface area contributed by atoms with Gasteiger partial charge in [0.05, 0.1) is 5.75 Å². The smallest absolute Gasteiger partial charge is 0.212 e. The van der Waals surface area contributed by atoms with E-state index in [2.05, 4.69) is 30.7 Å². The van der Waals surface area contributed by atoms with Crippen LogP contribution in [0.1, 0.15) is 64.1 Å². The molecule has 0 bridgehead atoms. The Morgan fingerprint density at radius 2 is 1.45 bits per heavy atom. The fourth-order valence-corrected chi connectivity index (χ4v) is 3.53. The predicted molar refractivity (Wildman–Crippen MR) is 85.3 cm³/mol. The number of benzene rings is 1. The molecule has 0 radical (unpaired) electrons. The molecule has 0 fully saturated rings. The summed E-state index contributed by atoms with van der Waals surface area (Å²) in [6, 6.07) is 7.96. The first-order valence-electron chi connectivity index (χ1n) is 7.31. The zero-order valence-electron chi connectivity index (χ0n) is 13.2. The van der Waals surface area contributed by atoms with E-state index in [4.69, 9.17) is 0 Å². The van der Waals surface area contributed by atoms with Crippen LogP contribution in [0.4, 0.5) is 0 Å². The SMILES string of the molecule is CC(C)CCS(=O)(=O)NC(C)c1ccc(C(C)C)cc1. The predicted octanol–water partition coefficient (Wildman–Crippen LogP) is 3.84. The summed E-state index contributed by atoms with van der Waals surface area (Å²) in [5, 5.41) is 0. The van der Waals surface area contributed by atoms with Crippen LogP contribution in [-0.2, 0) is 10.0 Å². The average Bonchev–Trinajstić information content (AvgIpc) is 2.36. The Kier molecular flexibility index (Phi) is 6.21. The van der Waals surface area contributed by atoms with Crippen LogP contribution in [0, 0.1) is 5.92 Å². The van der Waals surface area contributed by atoms with Crippen LogP contribution in [0.5, 0.6) is 0 Å². The average molecular weight is 297 g/mol. The Morgan fingerprint density at radius 3 is 1.90 bits per heavy atom. The topological polar surface area (TPSA) is 46.2 Å². The van der Waals surface area contributed by atoms with E-state index in [1.807, 2.05) is 32.9 Å². The van der Waals surface area contributed by atoms with Crippen molar-refractivity contribution in [2.24, 2.45) is 5.92 Å². The Hall–Kier alpha value is -0.870. The lowest BCUT2D eigenvalue weighted by Crippen LogP contribution is -2.29. The summed E-state index contributed by atoms with van der Waals surface area (Å²) < 4.78 is 26.7. The maximum Gasteiger partial charge on any atom is 0.212 e. The monoisotopic (exact) mass is 297 g/mol. The van der Waals surface area contributed by atoms with Crippen molar-refractivity contribution in [3.05, 3.63) is 35.4 Å². The van der Waals surface area contributed by atoms with Gasteiger partial charge in [0, 0.05) is 6.04 Å². The first-order valence-corrected chi connectivity index (χ1v) is 8.96. The van der Waals surface area contributed by atoms with Crippen molar-refractivity contribution in [2.75, 3.05) is 5.75 Å². The summed E-state index contributed by atoms with van der Waals surface area (Å²) in [6.45, 7) is 10.2. The van der Waals surface area contributed by atoms with Crippen molar-refractivity contribution in [2.45, 2.75) is 53.0 Å². The van der Waals surface area contributed by atoms with Gasteiger partial charge in [-0.25, -0.2) is 13.1 Å². The number of hydrogen-bond acceptors (Lipinski definition) is 2. The zero-order valence-corrected chi connectivity index (χ0v) is 14.0. The van der Waals surface area contributed by atoms with Crippen LogP contribution >= 0.6 is 0 Å². The van der Waals surface area contributed by atoms with Crippen LogP contribution in [0.3, 0.4) is 0 Å². The minimum Gasteiger partial charge on any atom is -0.212 e. The highest BCUT2D eigenvalue weighted by Crippen LogP contribution is 2.19. The van der Waals surface area contributed by atoms with Crippen molar-refractivity contribution in [1.29, 1.82) is 0 Å². The minimum absolute atomic E-state index is 0.187. The lowest BCUT2D eigenvalue weighted by molar-refractivity contribution is 0.550. The second kappa shape index (κ2) is 7.23. The molecule has 114 valence electrons. The lowest BCUT2D eigenvalue weighted by atomic mass is 10.00. The molecule has 0 amide bonds.